The van der Waals surface area contributed by atoms with Crippen LogP contribution in [0, 0.1) is 5.92 Å². The van der Waals surface area contributed by atoms with Gasteiger partial charge in [0.25, 0.3) is 0 Å². The van der Waals surface area contributed by atoms with Gasteiger partial charge in [0.05, 0.1) is 12.3 Å². The number of hydrogen-bond donors (Lipinski definition) is 1. The molecule has 6 heteroatoms. The molecule has 1 amide bonds. The second-order valence-corrected chi connectivity index (χ2v) is 7.75. The summed E-state index contributed by atoms with van der Waals surface area (Å²) < 4.78 is 24.9. The highest BCUT2D eigenvalue weighted by molar-refractivity contribution is 7.88. The fourth-order valence-corrected chi connectivity index (χ4v) is 3.57. The molecule has 0 radical (unpaired) electrons. The Morgan fingerprint density at radius 3 is 2.48 bits per heavy atom. The summed E-state index contributed by atoms with van der Waals surface area (Å²) in [6, 6.07) is 7.07. The van der Waals surface area contributed by atoms with Crippen LogP contribution in [-0.4, -0.2) is 33.2 Å². The first-order valence-corrected chi connectivity index (χ1v) is 8.97. The van der Waals surface area contributed by atoms with Gasteiger partial charge in [0.2, 0.25) is 15.9 Å². The number of fused-ring (bicyclic) bond motifs is 1. The first-order chi connectivity index (χ1) is 9.70. The molecule has 21 heavy (non-hydrogen) atoms. The molecular weight excluding hydrogens is 288 g/mol. The summed E-state index contributed by atoms with van der Waals surface area (Å²) in [6.45, 7) is 6.45. The lowest BCUT2D eigenvalue weighted by Crippen LogP contribution is -2.46. The maximum atomic E-state index is 12.6. The number of carbonyl (C=O) groups excluding carboxylic acids is 1. The fraction of sp³-hybridized carbons (Fsp3) is 0.533. The second-order valence-electron chi connectivity index (χ2n) is 5.97. The number of nitrogens with one attached hydrogen (secondary N) is 1. The fourth-order valence-electron chi connectivity index (χ4n) is 2.82. The third-order valence-corrected chi connectivity index (χ3v) is 4.62. The predicted octanol–water partition coefficient (Wildman–Crippen LogP) is 1.71. The van der Waals surface area contributed by atoms with Gasteiger partial charge in [-0.3, -0.25) is 4.79 Å². The molecule has 2 unspecified atom stereocenters. The molecule has 116 valence electrons. The average Bonchev–Trinajstić information content (AvgIpc) is 2.75. The van der Waals surface area contributed by atoms with Crippen molar-refractivity contribution in [3.63, 3.8) is 0 Å². The molecule has 1 aromatic rings. The molecule has 0 saturated heterocycles. The van der Waals surface area contributed by atoms with Crippen molar-refractivity contribution in [3.05, 3.63) is 29.8 Å². The minimum Gasteiger partial charge on any atom is -0.310 e. The zero-order valence-electron chi connectivity index (χ0n) is 12.8. The van der Waals surface area contributed by atoms with E-state index in [4.69, 9.17) is 0 Å². The molecule has 0 saturated carbocycles. The lowest BCUT2D eigenvalue weighted by atomic mass is 9.90. The number of amides is 1. The minimum absolute atomic E-state index is 0.212. The molecule has 2 atom stereocenters. The molecule has 1 aromatic carbocycles. The monoisotopic (exact) mass is 310 g/mol. The van der Waals surface area contributed by atoms with E-state index in [0.717, 1.165) is 17.5 Å². The van der Waals surface area contributed by atoms with Crippen molar-refractivity contribution in [2.75, 3.05) is 17.7 Å². The number of carbonyl (C=O) groups is 1. The Balaban J connectivity index is 2.28. The maximum absolute atomic E-state index is 12.6. The summed E-state index contributed by atoms with van der Waals surface area (Å²) in [5.41, 5.74) is 2.05. The molecule has 1 N–H and O–H groups in total. The van der Waals surface area contributed by atoms with Gasteiger partial charge in [0.15, 0.2) is 0 Å². The van der Waals surface area contributed by atoms with E-state index in [1.165, 1.54) is 0 Å². The van der Waals surface area contributed by atoms with E-state index in [1.54, 1.807) is 11.8 Å². The van der Waals surface area contributed by atoms with Crippen LogP contribution in [0.1, 0.15) is 32.3 Å². The Morgan fingerprint density at radius 2 is 1.90 bits per heavy atom. The number of anilines is 1. The van der Waals surface area contributed by atoms with Crippen molar-refractivity contribution < 1.29 is 13.2 Å². The predicted molar refractivity (Wildman–Crippen MR) is 83.8 cm³/mol. The van der Waals surface area contributed by atoms with E-state index in [2.05, 4.69) is 18.6 Å². The second kappa shape index (κ2) is 5.77. The van der Waals surface area contributed by atoms with E-state index in [1.807, 2.05) is 24.3 Å². The summed E-state index contributed by atoms with van der Waals surface area (Å²) in [5, 5.41) is 0. The van der Waals surface area contributed by atoms with Crippen LogP contribution in [0.3, 0.4) is 0 Å². The molecule has 5 nitrogen and oxygen atoms in total. The Kier molecular flexibility index (Phi) is 4.39. The van der Waals surface area contributed by atoms with Crippen LogP contribution in [0.2, 0.25) is 0 Å². The van der Waals surface area contributed by atoms with Gasteiger partial charge < -0.3 is 4.90 Å². The average molecular weight is 310 g/mol. The number of benzene rings is 1. The zero-order valence-corrected chi connectivity index (χ0v) is 13.6. The SMILES string of the molecule is CC(NS(C)(=O)=O)C(=O)N1CC(C(C)C)c2ccccc21. The van der Waals surface area contributed by atoms with Crippen LogP contribution in [0.4, 0.5) is 5.69 Å². The van der Waals surface area contributed by atoms with Crippen LogP contribution in [-0.2, 0) is 14.8 Å². The Labute approximate surface area is 126 Å². The first-order valence-electron chi connectivity index (χ1n) is 7.08. The minimum atomic E-state index is -3.40. The highest BCUT2D eigenvalue weighted by Gasteiger charge is 2.35. The van der Waals surface area contributed by atoms with Gasteiger partial charge in [-0.15, -0.1) is 0 Å². The number of nitrogens with zero attached hydrogens (tertiary/aromatic N) is 1. The summed E-state index contributed by atoms with van der Waals surface area (Å²) in [5.74, 6) is 0.494. The quantitative estimate of drug-likeness (QED) is 0.920. The molecular formula is C15H22N2O3S. The van der Waals surface area contributed by atoms with Gasteiger partial charge in [0, 0.05) is 18.2 Å². The molecule has 1 aliphatic heterocycles. The maximum Gasteiger partial charge on any atom is 0.244 e. The van der Waals surface area contributed by atoms with E-state index in [0.29, 0.717) is 12.5 Å². The normalized spacial score (nSPS) is 19.7. The van der Waals surface area contributed by atoms with Crippen molar-refractivity contribution in [2.24, 2.45) is 5.92 Å². The smallest absolute Gasteiger partial charge is 0.244 e. The summed E-state index contributed by atoms with van der Waals surface area (Å²) in [6.07, 6.45) is 1.06. The van der Waals surface area contributed by atoms with E-state index >= 15 is 0 Å². The highest BCUT2D eigenvalue weighted by Crippen LogP contribution is 2.40. The topological polar surface area (TPSA) is 66.5 Å². The van der Waals surface area contributed by atoms with Gasteiger partial charge in [-0.1, -0.05) is 32.0 Å². The third-order valence-electron chi connectivity index (χ3n) is 3.84. The largest absolute Gasteiger partial charge is 0.310 e. The van der Waals surface area contributed by atoms with Gasteiger partial charge in [-0.2, -0.15) is 0 Å². The first kappa shape index (κ1) is 16.0. The van der Waals surface area contributed by atoms with Crippen molar-refractivity contribution in [1.82, 2.24) is 4.72 Å². The van der Waals surface area contributed by atoms with Crippen molar-refractivity contribution in [1.29, 1.82) is 0 Å². The molecule has 2 rings (SSSR count). The molecule has 1 heterocycles. The van der Waals surface area contributed by atoms with Gasteiger partial charge in [-0.05, 0) is 24.5 Å². The van der Waals surface area contributed by atoms with Crippen LogP contribution in [0.25, 0.3) is 0 Å². The van der Waals surface area contributed by atoms with Crippen LogP contribution in [0.5, 0.6) is 0 Å². The molecule has 0 aliphatic carbocycles. The number of para-hydroxylation sites is 1. The molecule has 0 spiro atoms. The molecule has 0 aromatic heterocycles. The summed E-state index contributed by atoms with van der Waals surface area (Å²) in [4.78, 5) is 14.3. The Bertz CT molecular complexity index is 640. The van der Waals surface area contributed by atoms with Crippen molar-refractivity contribution >= 4 is 21.6 Å². The Hall–Kier alpha value is -1.40. The third kappa shape index (κ3) is 3.44. The lowest BCUT2D eigenvalue weighted by molar-refractivity contribution is -0.119. The summed E-state index contributed by atoms with van der Waals surface area (Å²) >= 11 is 0. The standard InChI is InChI=1S/C15H22N2O3S/c1-10(2)13-9-17(14-8-6-5-7-12(13)14)15(18)11(3)16-21(4,19)20/h5-8,10-11,13,16H,9H2,1-4H3. The number of rotatable bonds is 4. The van der Waals surface area contributed by atoms with Gasteiger partial charge in [0.1, 0.15) is 0 Å². The van der Waals surface area contributed by atoms with Gasteiger partial charge >= 0.3 is 0 Å². The van der Waals surface area contributed by atoms with Crippen molar-refractivity contribution in [3.8, 4) is 0 Å². The van der Waals surface area contributed by atoms with Gasteiger partial charge in [-0.25, -0.2) is 13.1 Å². The van der Waals surface area contributed by atoms with Crippen LogP contribution in [0.15, 0.2) is 24.3 Å². The van der Waals surface area contributed by atoms with Crippen LogP contribution < -0.4 is 9.62 Å². The Morgan fingerprint density at radius 1 is 1.29 bits per heavy atom. The summed E-state index contributed by atoms with van der Waals surface area (Å²) in [7, 11) is -3.40. The van der Waals surface area contributed by atoms with E-state index < -0.39 is 16.1 Å². The number of sulfonamides is 1. The lowest BCUT2D eigenvalue weighted by Gasteiger charge is -2.22. The van der Waals surface area contributed by atoms with Crippen molar-refractivity contribution in [2.45, 2.75) is 32.7 Å². The molecule has 0 bridgehead atoms. The molecule has 0 fully saturated rings. The number of hydrogen-bond acceptors (Lipinski definition) is 3. The van der Waals surface area contributed by atoms with E-state index in [9.17, 15) is 13.2 Å². The van der Waals surface area contributed by atoms with Crippen LogP contribution >= 0.6 is 0 Å². The molecule has 1 aliphatic rings. The zero-order chi connectivity index (χ0) is 15.8. The highest BCUT2D eigenvalue weighted by atomic mass is 32.2. The van der Waals surface area contributed by atoms with E-state index in [-0.39, 0.29) is 11.8 Å².